The Kier molecular flexibility index (Phi) is 2.38. The Bertz CT molecular complexity index is 703. The topological polar surface area (TPSA) is 57.8 Å². The molecule has 17 heavy (non-hydrogen) atoms. The summed E-state index contributed by atoms with van der Waals surface area (Å²) in [4.78, 5) is 18.7. The normalized spacial score (nSPS) is 10.6. The molecule has 0 amide bonds. The molecule has 0 aliphatic heterocycles. The van der Waals surface area contributed by atoms with E-state index in [-0.39, 0.29) is 5.56 Å². The van der Waals surface area contributed by atoms with Crippen LogP contribution in [0.25, 0.3) is 10.8 Å². The summed E-state index contributed by atoms with van der Waals surface area (Å²) in [6.07, 6.45) is 1.71. The maximum absolute atomic E-state index is 11.8. The molecule has 2 aromatic heterocycles. The highest BCUT2D eigenvalue weighted by Gasteiger charge is 2.02. The summed E-state index contributed by atoms with van der Waals surface area (Å²) in [5.74, 6) is 0.656. The monoisotopic (exact) mass is 243 g/mol. The number of pyridine rings is 1. The highest BCUT2D eigenvalue weighted by atomic mass is 32.1. The van der Waals surface area contributed by atoms with Crippen LogP contribution in [0.3, 0.4) is 0 Å². The quantitative estimate of drug-likeness (QED) is 0.727. The first-order valence-electron chi connectivity index (χ1n) is 5.11. The molecule has 1 aromatic carbocycles. The molecule has 0 aliphatic rings. The summed E-state index contributed by atoms with van der Waals surface area (Å²) in [5.41, 5.74) is -0.0952. The Labute approximate surface area is 101 Å². The molecule has 4 nitrogen and oxygen atoms in total. The van der Waals surface area contributed by atoms with Gasteiger partial charge < -0.3 is 10.3 Å². The van der Waals surface area contributed by atoms with Crippen LogP contribution in [0, 0.1) is 0 Å². The molecule has 84 valence electrons. The average molecular weight is 243 g/mol. The zero-order valence-electron chi connectivity index (χ0n) is 8.81. The van der Waals surface area contributed by atoms with Crippen LogP contribution in [0.1, 0.15) is 0 Å². The molecule has 0 unspecified atom stereocenters. The number of fused-ring (bicyclic) bond motifs is 1. The van der Waals surface area contributed by atoms with E-state index in [1.54, 1.807) is 12.3 Å². The molecule has 3 rings (SSSR count). The molecule has 2 heterocycles. The van der Waals surface area contributed by atoms with Crippen molar-refractivity contribution >= 4 is 33.1 Å². The number of hydrogen-bond donors (Lipinski definition) is 2. The second-order valence-electron chi connectivity index (χ2n) is 3.56. The lowest BCUT2D eigenvalue weighted by Crippen LogP contribution is -2.08. The summed E-state index contributed by atoms with van der Waals surface area (Å²) in [6.45, 7) is 0. The zero-order valence-corrected chi connectivity index (χ0v) is 9.62. The highest BCUT2D eigenvalue weighted by molar-refractivity contribution is 7.13. The molecule has 0 radical (unpaired) electrons. The fourth-order valence-electron chi connectivity index (χ4n) is 1.68. The lowest BCUT2D eigenvalue weighted by atomic mass is 10.2. The summed E-state index contributed by atoms with van der Waals surface area (Å²) in [6, 6.07) is 9.39. The van der Waals surface area contributed by atoms with Crippen molar-refractivity contribution in [2.75, 3.05) is 5.32 Å². The summed E-state index contributed by atoms with van der Waals surface area (Å²) in [5, 5.41) is 7.31. The minimum Gasteiger partial charge on any atom is -0.318 e. The summed E-state index contributed by atoms with van der Waals surface area (Å²) in [7, 11) is 0. The van der Waals surface area contributed by atoms with Crippen molar-refractivity contribution < 1.29 is 0 Å². The van der Waals surface area contributed by atoms with Crippen molar-refractivity contribution in [2.45, 2.75) is 0 Å². The van der Waals surface area contributed by atoms with Crippen molar-refractivity contribution in [3.05, 3.63) is 52.3 Å². The van der Waals surface area contributed by atoms with Crippen LogP contribution in [0.5, 0.6) is 0 Å². The second kappa shape index (κ2) is 4.03. The van der Waals surface area contributed by atoms with Crippen molar-refractivity contribution in [3.8, 4) is 0 Å². The fraction of sp³-hybridized carbons (Fsp3) is 0. The van der Waals surface area contributed by atoms with Gasteiger partial charge in [0.2, 0.25) is 0 Å². The van der Waals surface area contributed by atoms with Gasteiger partial charge >= 0.3 is 0 Å². The molecule has 0 saturated carbocycles. The first kappa shape index (κ1) is 10.0. The maximum Gasteiger partial charge on any atom is 0.257 e. The van der Waals surface area contributed by atoms with Gasteiger partial charge in [-0.25, -0.2) is 4.98 Å². The van der Waals surface area contributed by atoms with Gasteiger partial charge in [0.15, 0.2) is 5.13 Å². The minimum absolute atomic E-state index is 0.0952. The molecule has 0 atom stereocenters. The SMILES string of the molecule is O=c1[nH]c(Nc2nccs2)cc2ccccc12. The third-order valence-corrected chi connectivity index (χ3v) is 3.12. The van der Waals surface area contributed by atoms with E-state index in [1.807, 2.05) is 29.6 Å². The van der Waals surface area contributed by atoms with Gasteiger partial charge in [0.1, 0.15) is 5.82 Å². The van der Waals surface area contributed by atoms with Gasteiger partial charge in [-0.3, -0.25) is 4.79 Å². The molecule has 3 aromatic rings. The molecule has 5 heteroatoms. The Balaban J connectivity index is 2.10. The lowest BCUT2D eigenvalue weighted by Gasteiger charge is -2.03. The van der Waals surface area contributed by atoms with Crippen LogP contribution in [0.15, 0.2) is 46.7 Å². The van der Waals surface area contributed by atoms with Crippen LogP contribution in [-0.2, 0) is 0 Å². The van der Waals surface area contributed by atoms with E-state index in [0.29, 0.717) is 11.2 Å². The molecular weight excluding hydrogens is 234 g/mol. The molecular formula is C12H9N3OS. The van der Waals surface area contributed by atoms with Gasteiger partial charge in [-0.2, -0.15) is 0 Å². The predicted molar refractivity (Wildman–Crippen MR) is 70.0 cm³/mol. The number of thiazole rings is 1. The van der Waals surface area contributed by atoms with Crippen LogP contribution < -0.4 is 10.9 Å². The molecule has 0 bridgehead atoms. The number of H-pyrrole nitrogens is 1. The van der Waals surface area contributed by atoms with Gasteiger partial charge in [-0.1, -0.05) is 18.2 Å². The molecule has 2 N–H and O–H groups in total. The van der Waals surface area contributed by atoms with E-state index in [2.05, 4.69) is 15.3 Å². The van der Waals surface area contributed by atoms with E-state index >= 15 is 0 Å². The summed E-state index contributed by atoms with van der Waals surface area (Å²) >= 11 is 1.48. The molecule has 0 saturated heterocycles. The largest absolute Gasteiger partial charge is 0.318 e. The molecule has 0 aliphatic carbocycles. The Morgan fingerprint density at radius 2 is 2.18 bits per heavy atom. The molecule has 0 fully saturated rings. The third kappa shape index (κ3) is 1.92. The predicted octanol–water partition coefficient (Wildman–Crippen LogP) is 2.73. The third-order valence-electron chi connectivity index (χ3n) is 2.43. The minimum atomic E-state index is -0.0952. The van der Waals surface area contributed by atoms with Gasteiger partial charge in [0, 0.05) is 17.0 Å². The Morgan fingerprint density at radius 3 is 3.00 bits per heavy atom. The van der Waals surface area contributed by atoms with E-state index in [4.69, 9.17) is 0 Å². The van der Waals surface area contributed by atoms with E-state index in [0.717, 1.165) is 10.5 Å². The van der Waals surface area contributed by atoms with Gasteiger partial charge in [0.25, 0.3) is 5.56 Å². The van der Waals surface area contributed by atoms with Crippen molar-refractivity contribution in [1.29, 1.82) is 0 Å². The number of nitrogens with one attached hydrogen (secondary N) is 2. The van der Waals surface area contributed by atoms with Crippen molar-refractivity contribution in [3.63, 3.8) is 0 Å². The first-order chi connectivity index (χ1) is 8.33. The second-order valence-corrected chi connectivity index (χ2v) is 4.46. The highest BCUT2D eigenvalue weighted by Crippen LogP contribution is 2.18. The van der Waals surface area contributed by atoms with Crippen LogP contribution in [0.4, 0.5) is 10.9 Å². The number of anilines is 2. The first-order valence-corrected chi connectivity index (χ1v) is 5.99. The number of aromatic amines is 1. The van der Waals surface area contributed by atoms with Crippen LogP contribution in [0.2, 0.25) is 0 Å². The Morgan fingerprint density at radius 1 is 1.29 bits per heavy atom. The van der Waals surface area contributed by atoms with Gasteiger partial charge in [0.05, 0.1) is 0 Å². The maximum atomic E-state index is 11.8. The Hall–Kier alpha value is -2.14. The fourth-order valence-corrected chi connectivity index (χ4v) is 2.22. The van der Waals surface area contributed by atoms with Crippen molar-refractivity contribution in [2.24, 2.45) is 0 Å². The van der Waals surface area contributed by atoms with E-state index in [1.165, 1.54) is 11.3 Å². The van der Waals surface area contributed by atoms with Crippen molar-refractivity contribution in [1.82, 2.24) is 9.97 Å². The summed E-state index contributed by atoms with van der Waals surface area (Å²) < 4.78 is 0. The average Bonchev–Trinajstić information content (AvgIpc) is 2.82. The zero-order chi connectivity index (χ0) is 11.7. The lowest BCUT2D eigenvalue weighted by molar-refractivity contribution is 1.25. The number of nitrogens with zero attached hydrogens (tertiary/aromatic N) is 1. The van der Waals surface area contributed by atoms with Crippen LogP contribution in [-0.4, -0.2) is 9.97 Å². The molecule has 0 spiro atoms. The standard InChI is InChI=1S/C12H9N3OS/c16-11-9-4-2-1-3-8(9)7-10(14-11)15-12-13-5-6-17-12/h1-7H,(H2,13,14,15,16). The number of rotatable bonds is 2. The van der Waals surface area contributed by atoms with Gasteiger partial charge in [-0.15, -0.1) is 11.3 Å². The van der Waals surface area contributed by atoms with E-state index in [9.17, 15) is 4.79 Å². The van der Waals surface area contributed by atoms with Crippen LogP contribution >= 0.6 is 11.3 Å². The number of benzene rings is 1. The number of hydrogen-bond acceptors (Lipinski definition) is 4. The van der Waals surface area contributed by atoms with Gasteiger partial charge in [-0.05, 0) is 17.5 Å². The van der Waals surface area contributed by atoms with E-state index < -0.39 is 0 Å². The smallest absolute Gasteiger partial charge is 0.257 e. The number of aromatic nitrogens is 2.